The van der Waals surface area contributed by atoms with E-state index < -0.39 is 11.7 Å². The van der Waals surface area contributed by atoms with Crippen LogP contribution in [0.2, 0.25) is 0 Å². The molecule has 142 valence electrons. The van der Waals surface area contributed by atoms with Crippen LogP contribution in [0.15, 0.2) is 23.5 Å². The molecule has 0 radical (unpaired) electrons. The lowest BCUT2D eigenvalue weighted by molar-refractivity contribution is 0.100. The predicted molar refractivity (Wildman–Crippen MR) is 102 cm³/mol. The zero-order chi connectivity index (χ0) is 19.6. The molecule has 0 saturated carbocycles. The van der Waals surface area contributed by atoms with Crippen LogP contribution in [0, 0.1) is 28.0 Å². The van der Waals surface area contributed by atoms with Crippen molar-refractivity contribution in [2.45, 2.75) is 26.2 Å². The van der Waals surface area contributed by atoms with Crippen LogP contribution in [-0.4, -0.2) is 36.7 Å². The normalized spacial score (nSPS) is 20.0. The molecular formula is C19H23FN6O. The molecule has 0 aliphatic carbocycles. The van der Waals surface area contributed by atoms with Crippen LogP contribution in [0.25, 0.3) is 0 Å². The Morgan fingerprint density at radius 3 is 2.74 bits per heavy atom. The molecule has 3 rings (SSSR count). The number of piperidine rings is 1. The number of hydrogen-bond acceptors (Lipinski definition) is 6. The monoisotopic (exact) mass is 370 g/mol. The molecule has 0 bridgehead atoms. The van der Waals surface area contributed by atoms with Crippen molar-refractivity contribution in [1.82, 2.24) is 4.90 Å². The fraction of sp³-hybridized carbons (Fsp3) is 0.421. The molecule has 1 amide bonds. The molecule has 1 fully saturated rings. The van der Waals surface area contributed by atoms with Gasteiger partial charge in [0.2, 0.25) is 0 Å². The van der Waals surface area contributed by atoms with Crippen molar-refractivity contribution in [3.05, 3.63) is 34.9 Å². The van der Waals surface area contributed by atoms with Gasteiger partial charge >= 0.3 is 0 Å². The number of hydrogen-bond donors (Lipinski definition) is 4. The lowest BCUT2D eigenvalue weighted by Gasteiger charge is -2.40. The average Bonchev–Trinajstić information content (AvgIpc) is 3.04. The van der Waals surface area contributed by atoms with Crippen LogP contribution in [0.5, 0.6) is 0 Å². The average molecular weight is 370 g/mol. The molecule has 1 aromatic carbocycles. The second-order valence-electron chi connectivity index (χ2n) is 7.23. The van der Waals surface area contributed by atoms with Crippen LogP contribution >= 0.6 is 0 Å². The summed E-state index contributed by atoms with van der Waals surface area (Å²) < 4.78 is 13.8. The van der Waals surface area contributed by atoms with Gasteiger partial charge in [0.1, 0.15) is 11.6 Å². The number of nitriles is 1. The molecule has 0 aromatic heterocycles. The quantitative estimate of drug-likeness (QED) is 0.594. The number of benzene rings is 1. The number of anilines is 2. The molecule has 0 unspecified atom stereocenters. The second-order valence-corrected chi connectivity index (χ2v) is 7.23. The van der Waals surface area contributed by atoms with Crippen molar-refractivity contribution < 1.29 is 9.18 Å². The second kappa shape index (κ2) is 7.37. The van der Waals surface area contributed by atoms with Gasteiger partial charge in [0.15, 0.2) is 0 Å². The van der Waals surface area contributed by atoms with Crippen LogP contribution < -0.4 is 16.4 Å². The number of allylic oxidation sites excluding steroid dienone is 1. The molecule has 0 spiro atoms. The van der Waals surface area contributed by atoms with E-state index in [1.807, 2.05) is 0 Å². The van der Waals surface area contributed by atoms with Gasteiger partial charge in [0.25, 0.3) is 5.91 Å². The van der Waals surface area contributed by atoms with Crippen molar-refractivity contribution in [1.29, 1.82) is 10.7 Å². The Balaban J connectivity index is 1.87. The van der Waals surface area contributed by atoms with Crippen molar-refractivity contribution in [3.8, 4) is 6.07 Å². The maximum Gasteiger partial charge on any atom is 0.250 e. The van der Waals surface area contributed by atoms with Gasteiger partial charge in [-0.3, -0.25) is 4.79 Å². The minimum absolute atomic E-state index is 0.0771. The van der Waals surface area contributed by atoms with Crippen molar-refractivity contribution in [3.63, 3.8) is 0 Å². The number of halogens is 1. The van der Waals surface area contributed by atoms with E-state index in [1.54, 1.807) is 0 Å². The van der Waals surface area contributed by atoms with Gasteiger partial charge < -0.3 is 26.7 Å². The topological polar surface area (TPSA) is 118 Å². The zero-order valence-electron chi connectivity index (χ0n) is 15.2. The number of fused-ring (bicyclic) bond motifs is 1. The summed E-state index contributed by atoms with van der Waals surface area (Å²) >= 11 is 0. The number of nitrogens with one attached hydrogen (secondary N) is 3. The lowest BCUT2D eigenvalue weighted by atomic mass is 9.74. The van der Waals surface area contributed by atoms with E-state index in [0.717, 1.165) is 44.1 Å². The predicted octanol–water partition coefficient (Wildman–Crippen LogP) is 2.64. The van der Waals surface area contributed by atoms with Crippen LogP contribution in [0.1, 0.15) is 36.5 Å². The van der Waals surface area contributed by atoms with E-state index in [0.29, 0.717) is 23.6 Å². The van der Waals surface area contributed by atoms with E-state index in [1.165, 1.54) is 12.3 Å². The molecular weight excluding hydrogens is 347 g/mol. The van der Waals surface area contributed by atoms with Gasteiger partial charge in [0, 0.05) is 24.8 Å². The largest absolute Gasteiger partial charge is 0.366 e. The summed E-state index contributed by atoms with van der Waals surface area (Å²) in [6, 6.07) is 4.58. The molecule has 0 atom stereocenters. The van der Waals surface area contributed by atoms with Crippen LogP contribution in [0.4, 0.5) is 15.8 Å². The summed E-state index contributed by atoms with van der Waals surface area (Å²) in [5, 5.41) is 22.9. The Morgan fingerprint density at radius 1 is 1.44 bits per heavy atom. The zero-order valence-corrected chi connectivity index (χ0v) is 15.2. The van der Waals surface area contributed by atoms with Gasteiger partial charge in [-0.25, -0.2) is 4.39 Å². The summed E-state index contributed by atoms with van der Waals surface area (Å²) in [4.78, 5) is 13.9. The summed E-state index contributed by atoms with van der Waals surface area (Å²) in [7, 11) is 0. The highest BCUT2D eigenvalue weighted by atomic mass is 19.1. The number of rotatable bonds is 5. The Bertz CT molecular complexity index is 848. The fourth-order valence-corrected chi connectivity index (χ4v) is 3.76. The molecule has 2 heterocycles. The molecule has 27 heavy (non-hydrogen) atoms. The maximum absolute atomic E-state index is 13.8. The molecule has 7 nitrogen and oxygen atoms in total. The molecule has 2 aliphatic rings. The highest BCUT2D eigenvalue weighted by Crippen LogP contribution is 2.42. The number of nitrogens with two attached hydrogens (primary N) is 1. The lowest BCUT2D eigenvalue weighted by Crippen LogP contribution is -2.41. The van der Waals surface area contributed by atoms with Gasteiger partial charge in [0.05, 0.1) is 23.0 Å². The Kier molecular flexibility index (Phi) is 5.15. The number of primary amides is 1. The van der Waals surface area contributed by atoms with Gasteiger partial charge in [-0.15, -0.1) is 0 Å². The standard InChI is InChI=1S/C19H23FN6O/c1-19(3-7-26(8-4-19)6-2-5-21)14(11-22)18-24-15-10-12(20)9-13(17(23)27)16(15)25-18/h9-11,22,24-25H,2-4,6-8H2,1H3,(H2,23,27)/b18-14+,22-11?. The van der Waals surface area contributed by atoms with Crippen LogP contribution in [0.3, 0.4) is 0 Å². The number of carbonyl (C=O) groups excluding carboxylic acids is 1. The minimum Gasteiger partial charge on any atom is -0.366 e. The molecule has 5 N–H and O–H groups in total. The first-order chi connectivity index (χ1) is 12.9. The first-order valence-electron chi connectivity index (χ1n) is 8.90. The molecule has 2 aliphatic heterocycles. The van der Waals surface area contributed by atoms with E-state index >= 15 is 0 Å². The molecule has 8 heteroatoms. The van der Waals surface area contributed by atoms with Crippen LogP contribution in [-0.2, 0) is 0 Å². The van der Waals surface area contributed by atoms with Crippen molar-refractivity contribution in [2.75, 3.05) is 30.3 Å². The number of nitrogens with zero attached hydrogens (tertiary/aromatic N) is 2. The maximum atomic E-state index is 13.8. The number of carbonyl (C=O) groups is 1. The van der Waals surface area contributed by atoms with Crippen molar-refractivity contribution >= 4 is 23.5 Å². The Morgan fingerprint density at radius 2 is 2.15 bits per heavy atom. The molecule has 1 aromatic rings. The van der Waals surface area contributed by atoms with E-state index in [4.69, 9.17) is 16.4 Å². The third-order valence-electron chi connectivity index (χ3n) is 5.44. The van der Waals surface area contributed by atoms with Gasteiger partial charge in [-0.05, 0) is 43.5 Å². The third kappa shape index (κ3) is 3.64. The first-order valence-corrected chi connectivity index (χ1v) is 8.90. The summed E-state index contributed by atoms with van der Waals surface area (Å²) in [5.41, 5.74) is 6.85. The summed E-state index contributed by atoms with van der Waals surface area (Å²) in [6.07, 6.45) is 3.49. The SMILES string of the molecule is CC1(/C(C=N)=C2\Nc3cc(F)cc(C(N)=O)c3N2)CCN(CCC#N)CC1. The van der Waals surface area contributed by atoms with Crippen molar-refractivity contribution in [2.24, 2.45) is 11.1 Å². The van der Waals surface area contributed by atoms with Gasteiger partial charge in [-0.2, -0.15) is 5.26 Å². The van der Waals surface area contributed by atoms with Gasteiger partial charge in [-0.1, -0.05) is 6.92 Å². The van der Waals surface area contributed by atoms with E-state index in [2.05, 4.69) is 28.5 Å². The van der Waals surface area contributed by atoms with E-state index in [-0.39, 0.29) is 11.0 Å². The number of amides is 1. The summed E-state index contributed by atoms with van der Waals surface area (Å²) in [6.45, 7) is 4.55. The fourth-order valence-electron chi connectivity index (χ4n) is 3.76. The smallest absolute Gasteiger partial charge is 0.250 e. The third-order valence-corrected chi connectivity index (χ3v) is 5.44. The highest BCUT2D eigenvalue weighted by Gasteiger charge is 2.36. The first kappa shape index (κ1) is 18.9. The summed E-state index contributed by atoms with van der Waals surface area (Å²) in [5.74, 6) is -0.678. The highest BCUT2D eigenvalue weighted by molar-refractivity contribution is 6.04. The number of likely N-dealkylation sites (tertiary alicyclic amines) is 1. The Labute approximate surface area is 157 Å². The molecule has 1 saturated heterocycles. The minimum atomic E-state index is -0.713. The van der Waals surface area contributed by atoms with E-state index in [9.17, 15) is 9.18 Å². The Hall–Kier alpha value is -2.92.